The predicted molar refractivity (Wildman–Crippen MR) is 118 cm³/mol. The molecular formula is C24H17ClN2O2. The van der Waals surface area contributed by atoms with Crippen molar-refractivity contribution in [2.75, 3.05) is 10.6 Å². The van der Waals surface area contributed by atoms with Crippen molar-refractivity contribution in [3.8, 4) is 0 Å². The number of carbonyl (C=O) groups is 2. The van der Waals surface area contributed by atoms with Crippen LogP contribution in [0.4, 0.5) is 11.4 Å². The quantitative estimate of drug-likeness (QED) is 0.441. The number of rotatable bonds is 4. The van der Waals surface area contributed by atoms with Crippen molar-refractivity contribution in [2.24, 2.45) is 0 Å². The topological polar surface area (TPSA) is 58.2 Å². The van der Waals surface area contributed by atoms with Gasteiger partial charge in [0.2, 0.25) is 0 Å². The van der Waals surface area contributed by atoms with Crippen molar-refractivity contribution in [3.63, 3.8) is 0 Å². The van der Waals surface area contributed by atoms with Crippen molar-refractivity contribution in [1.29, 1.82) is 0 Å². The number of amides is 2. The molecule has 0 aromatic heterocycles. The Hall–Kier alpha value is -3.63. The second-order valence-corrected chi connectivity index (χ2v) is 6.96. The molecule has 0 aliphatic rings. The Kier molecular flexibility index (Phi) is 5.27. The van der Waals surface area contributed by atoms with Gasteiger partial charge < -0.3 is 10.6 Å². The lowest BCUT2D eigenvalue weighted by atomic mass is 10.1. The van der Waals surface area contributed by atoms with Crippen LogP contribution >= 0.6 is 11.6 Å². The summed E-state index contributed by atoms with van der Waals surface area (Å²) in [7, 11) is 0. The summed E-state index contributed by atoms with van der Waals surface area (Å²) >= 11 is 5.94. The van der Waals surface area contributed by atoms with Gasteiger partial charge in [-0.25, -0.2) is 0 Å². The van der Waals surface area contributed by atoms with Gasteiger partial charge in [0, 0.05) is 32.9 Å². The van der Waals surface area contributed by atoms with E-state index in [4.69, 9.17) is 11.6 Å². The summed E-state index contributed by atoms with van der Waals surface area (Å²) in [6, 6.07) is 27.1. The number of nitrogens with one attached hydrogen (secondary N) is 2. The zero-order valence-corrected chi connectivity index (χ0v) is 16.1. The molecule has 0 radical (unpaired) electrons. The van der Waals surface area contributed by atoms with Crippen LogP contribution in [0.15, 0.2) is 91.0 Å². The first-order chi connectivity index (χ1) is 14.1. The molecule has 0 fully saturated rings. The van der Waals surface area contributed by atoms with Crippen molar-refractivity contribution in [2.45, 2.75) is 0 Å². The smallest absolute Gasteiger partial charge is 0.255 e. The van der Waals surface area contributed by atoms with E-state index in [9.17, 15) is 9.59 Å². The number of hydrogen-bond acceptors (Lipinski definition) is 2. The second-order valence-electron chi connectivity index (χ2n) is 6.53. The van der Waals surface area contributed by atoms with Crippen LogP contribution in [0.3, 0.4) is 0 Å². The minimum absolute atomic E-state index is 0.250. The average Bonchev–Trinajstić information content (AvgIpc) is 2.74. The molecule has 0 unspecified atom stereocenters. The summed E-state index contributed by atoms with van der Waals surface area (Å²) in [5.74, 6) is -0.542. The summed E-state index contributed by atoms with van der Waals surface area (Å²) in [4.78, 5) is 25.2. The first-order valence-corrected chi connectivity index (χ1v) is 9.44. The van der Waals surface area contributed by atoms with Crippen LogP contribution in [-0.4, -0.2) is 11.8 Å². The van der Waals surface area contributed by atoms with E-state index in [1.54, 1.807) is 48.5 Å². The molecule has 4 aromatic rings. The highest BCUT2D eigenvalue weighted by molar-refractivity contribution is 6.31. The summed E-state index contributed by atoms with van der Waals surface area (Å²) in [5, 5.41) is 8.25. The third kappa shape index (κ3) is 4.28. The Balaban J connectivity index is 1.53. The van der Waals surface area contributed by atoms with Gasteiger partial charge in [-0.05, 0) is 47.9 Å². The Morgan fingerprint density at radius 2 is 1.31 bits per heavy atom. The molecule has 0 heterocycles. The molecule has 29 heavy (non-hydrogen) atoms. The molecule has 0 bridgehead atoms. The Morgan fingerprint density at radius 3 is 2.14 bits per heavy atom. The fraction of sp³-hybridized carbons (Fsp3) is 0. The highest BCUT2D eigenvalue weighted by Crippen LogP contribution is 2.24. The van der Waals surface area contributed by atoms with E-state index in [0.717, 1.165) is 16.5 Å². The molecule has 142 valence electrons. The largest absolute Gasteiger partial charge is 0.322 e. The van der Waals surface area contributed by atoms with Crippen molar-refractivity contribution >= 4 is 45.6 Å². The van der Waals surface area contributed by atoms with Crippen molar-refractivity contribution in [3.05, 3.63) is 107 Å². The fourth-order valence-electron chi connectivity index (χ4n) is 3.10. The Bertz CT molecular complexity index is 1210. The maximum absolute atomic E-state index is 12.8. The highest BCUT2D eigenvalue weighted by Gasteiger charge is 2.11. The first kappa shape index (κ1) is 18.7. The first-order valence-electron chi connectivity index (χ1n) is 9.06. The van der Waals surface area contributed by atoms with Crippen LogP contribution in [0.25, 0.3) is 10.8 Å². The van der Waals surface area contributed by atoms with Gasteiger partial charge >= 0.3 is 0 Å². The lowest BCUT2D eigenvalue weighted by Crippen LogP contribution is -2.14. The number of carbonyl (C=O) groups excluding carboxylic acids is 2. The fourth-order valence-corrected chi connectivity index (χ4v) is 3.29. The average molecular weight is 401 g/mol. The van der Waals surface area contributed by atoms with Gasteiger partial charge in [0.25, 0.3) is 11.8 Å². The maximum atomic E-state index is 12.8. The molecule has 2 N–H and O–H groups in total. The third-order valence-corrected chi connectivity index (χ3v) is 4.74. The molecule has 0 spiro atoms. The second kappa shape index (κ2) is 8.17. The van der Waals surface area contributed by atoms with Crippen LogP contribution in [0, 0.1) is 0 Å². The van der Waals surface area contributed by atoms with E-state index in [-0.39, 0.29) is 11.8 Å². The number of hydrogen-bond donors (Lipinski definition) is 2. The van der Waals surface area contributed by atoms with Crippen molar-refractivity contribution in [1.82, 2.24) is 0 Å². The minimum atomic E-state index is -0.292. The standard InChI is InChI=1S/C24H17ClN2O2/c25-19-10-3-8-17(14-19)23(28)26-20-11-4-9-18(15-20)24(29)27-22-13-5-7-16-6-1-2-12-21(16)22/h1-15H,(H,26,28)(H,27,29). The lowest BCUT2D eigenvalue weighted by Gasteiger charge is -2.10. The molecule has 0 saturated heterocycles. The van der Waals surface area contributed by atoms with Crippen molar-refractivity contribution < 1.29 is 9.59 Å². The van der Waals surface area contributed by atoms with E-state index < -0.39 is 0 Å². The third-order valence-electron chi connectivity index (χ3n) is 4.51. The van der Waals surface area contributed by atoms with E-state index in [1.807, 2.05) is 42.5 Å². The van der Waals surface area contributed by atoms with Gasteiger partial charge in [0.05, 0.1) is 0 Å². The molecule has 5 heteroatoms. The van der Waals surface area contributed by atoms with Crippen LogP contribution < -0.4 is 10.6 Å². The van der Waals surface area contributed by atoms with Gasteiger partial charge in [-0.15, -0.1) is 0 Å². The lowest BCUT2D eigenvalue weighted by molar-refractivity contribution is 0.101. The molecule has 4 rings (SSSR count). The van der Waals surface area contributed by atoms with E-state index in [2.05, 4.69) is 10.6 Å². The van der Waals surface area contributed by atoms with Gasteiger partial charge in [0.1, 0.15) is 0 Å². The van der Waals surface area contributed by atoms with Crippen LogP contribution in [0.5, 0.6) is 0 Å². The SMILES string of the molecule is O=C(Nc1cccc(C(=O)Nc2cccc3ccccc23)c1)c1cccc(Cl)c1. The predicted octanol–water partition coefficient (Wildman–Crippen LogP) is 6.00. The molecule has 0 atom stereocenters. The van der Waals surface area contributed by atoms with E-state index >= 15 is 0 Å². The molecular weight excluding hydrogens is 384 g/mol. The van der Waals surface area contributed by atoms with Gasteiger partial charge in [-0.1, -0.05) is 60.1 Å². The molecule has 4 aromatic carbocycles. The summed E-state index contributed by atoms with van der Waals surface area (Å²) in [6.45, 7) is 0. The van der Waals surface area contributed by atoms with Crippen LogP contribution in [0.2, 0.25) is 5.02 Å². The van der Waals surface area contributed by atoms with Gasteiger partial charge in [-0.2, -0.15) is 0 Å². The number of halogens is 1. The van der Waals surface area contributed by atoms with E-state index in [1.165, 1.54) is 0 Å². The minimum Gasteiger partial charge on any atom is -0.322 e. The van der Waals surface area contributed by atoms with Crippen LogP contribution in [0.1, 0.15) is 20.7 Å². The number of fused-ring (bicyclic) bond motifs is 1. The molecule has 0 aliphatic carbocycles. The van der Waals surface area contributed by atoms with Crippen LogP contribution in [-0.2, 0) is 0 Å². The van der Waals surface area contributed by atoms with E-state index in [0.29, 0.717) is 21.8 Å². The zero-order valence-electron chi connectivity index (χ0n) is 15.4. The van der Waals surface area contributed by atoms with Gasteiger partial charge in [-0.3, -0.25) is 9.59 Å². The Morgan fingerprint density at radius 1 is 0.655 bits per heavy atom. The summed E-state index contributed by atoms with van der Waals surface area (Å²) in [5.41, 5.74) is 2.16. The normalized spacial score (nSPS) is 10.5. The number of benzene rings is 4. The molecule has 2 amide bonds. The molecule has 0 aliphatic heterocycles. The molecule has 0 saturated carbocycles. The summed E-state index contributed by atoms with van der Waals surface area (Å²) < 4.78 is 0. The van der Waals surface area contributed by atoms with Gasteiger partial charge in [0.15, 0.2) is 0 Å². The number of anilines is 2. The molecule has 4 nitrogen and oxygen atoms in total. The summed E-state index contributed by atoms with van der Waals surface area (Å²) in [6.07, 6.45) is 0. The monoisotopic (exact) mass is 400 g/mol. The Labute approximate surface area is 173 Å². The maximum Gasteiger partial charge on any atom is 0.255 e. The highest BCUT2D eigenvalue weighted by atomic mass is 35.5. The zero-order chi connectivity index (χ0) is 20.2.